The third kappa shape index (κ3) is 1.94. The van der Waals surface area contributed by atoms with Crippen molar-refractivity contribution in [2.24, 2.45) is 0 Å². The fraction of sp³-hybridized carbons (Fsp3) is 0.250. The fourth-order valence-corrected chi connectivity index (χ4v) is 4.70. The predicted octanol–water partition coefficient (Wildman–Crippen LogP) is 3.61. The number of ether oxygens (including phenoxy) is 1. The van der Waals surface area contributed by atoms with Crippen molar-refractivity contribution >= 4 is 33.8 Å². The number of rotatable bonds is 2. The van der Waals surface area contributed by atoms with Crippen LogP contribution in [0.3, 0.4) is 0 Å². The fourth-order valence-electron chi connectivity index (χ4n) is 3.06. The minimum atomic E-state index is -0.0357. The second-order valence-corrected chi connectivity index (χ2v) is 6.83. The Morgan fingerprint density at radius 1 is 1.36 bits per heavy atom. The summed E-state index contributed by atoms with van der Waals surface area (Å²) in [6, 6.07) is 7.40. The average Bonchev–Trinajstić information content (AvgIpc) is 3.07. The van der Waals surface area contributed by atoms with Crippen LogP contribution in [-0.4, -0.2) is 16.7 Å². The Kier molecular flexibility index (Phi) is 3.16. The number of H-pyrrole nitrogens is 1. The van der Waals surface area contributed by atoms with Crippen LogP contribution in [-0.2, 0) is 12.8 Å². The molecule has 1 N–H and O–H groups in total. The molecule has 1 aliphatic carbocycles. The normalized spacial score (nSPS) is 13.5. The molecule has 0 fully saturated rings. The van der Waals surface area contributed by atoms with Gasteiger partial charge in [0.25, 0.3) is 5.56 Å². The number of methoxy groups -OCH3 is 1. The highest BCUT2D eigenvalue weighted by Gasteiger charge is 2.21. The van der Waals surface area contributed by atoms with Gasteiger partial charge in [0.15, 0.2) is 4.77 Å². The van der Waals surface area contributed by atoms with Gasteiger partial charge < -0.3 is 9.72 Å². The molecule has 22 heavy (non-hydrogen) atoms. The lowest BCUT2D eigenvalue weighted by atomic mass is 10.2. The summed E-state index contributed by atoms with van der Waals surface area (Å²) in [6.07, 6.45) is 3.17. The van der Waals surface area contributed by atoms with Crippen molar-refractivity contribution in [3.05, 3.63) is 49.8 Å². The van der Waals surface area contributed by atoms with Gasteiger partial charge in [-0.2, -0.15) is 0 Å². The summed E-state index contributed by atoms with van der Waals surface area (Å²) in [5, 5.41) is 0.800. The summed E-state index contributed by atoms with van der Waals surface area (Å²) < 4.78 is 7.23. The molecule has 3 aromatic rings. The van der Waals surface area contributed by atoms with Crippen molar-refractivity contribution < 1.29 is 4.74 Å². The van der Waals surface area contributed by atoms with Crippen LogP contribution in [0.4, 0.5) is 0 Å². The number of nitrogens with zero attached hydrogens (tertiary/aromatic N) is 1. The Morgan fingerprint density at radius 3 is 3.05 bits per heavy atom. The van der Waals surface area contributed by atoms with Crippen molar-refractivity contribution in [2.75, 3.05) is 7.11 Å². The van der Waals surface area contributed by atoms with E-state index in [1.807, 2.05) is 24.3 Å². The molecule has 0 saturated carbocycles. The van der Waals surface area contributed by atoms with E-state index in [-0.39, 0.29) is 5.56 Å². The van der Waals surface area contributed by atoms with E-state index in [4.69, 9.17) is 17.0 Å². The predicted molar refractivity (Wildman–Crippen MR) is 91.2 cm³/mol. The van der Waals surface area contributed by atoms with Gasteiger partial charge in [-0.25, -0.2) is 0 Å². The van der Waals surface area contributed by atoms with Gasteiger partial charge in [-0.3, -0.25) is 9.36 Å². The average molecular weight is 330 g/mol. The molecule has 0 unspecified atom stereocenters. The summed E-state index contributed by atoms with van der Waals surface area (Å²) in [5.41, 5.74) is 1.89. The van der Waals surface area contributed by atoms with Crippen LogP contribution in [0, 0.1) is 4.77 Å². The first-order valence-electron chi connectivity index (χ1n) is 7.13. The number of fused-ring (bicyclic) bond motifs is 3. The molecule has 4 rings (SSSR count). The Morgan fingerprint density at radius 2 is 2.23 bits per heavy atom. The van der Waals surface area contributed by atoms with Crippen molar-refractivity contribution in [1.82, 2.24) is 9.55 Å². The van der Waals surface area contributed by atoms with Crippen molar-refractivity contribution in [1.29, 1.82) is 0 Å². The third-order valence-corrected chi connectivity index (χ3v) is 5.57. The van der Waals surface area contributed by atoms with E-state index in [1.165, 1.54) is 10.4 Å². The third-order valence-electron chi connectivity index (χ3n) is 4.07. The molecule has 0 radical (unpaired) electrons. The minimum Gasteiger partial charge on any atom is -0.497 e. The number of aromatic amines is 1. The van der Waals surface area contributed by atoms with Crippen LogP contribution < -0.4 is 10.3 Å². The number of aryl methyl sites for hydroxylation is 2. The van der Waals surface area contributed by atoms with Crippen molar-refractivity contribution in [2.45, 2.75) is 19.3 Å². The minimum absolute atomic E-state index is 0.0357. The zero-order valence-electron chi connectivity index (χ0n) is 12.0. The van der Waals surface area contributed by atoms with Gasteiger partial charge in [-0.1, -0.05) is 6.07 Å². The summed E-state index contributed by atoms with van der Waals surface area (Å²) in [4.78, 5) is 18.5. The Bertz CT molecular complexity index is 998. The zero-order valence-corrected chi connectivity index (χ0v) is 13.6. The van der Waals surface area contributed by atoms with Crippen LogP contribution in [0.2, 0.25) is 0 Å². The van der Waals surface area contributed by atoms with Crippen LogP contribution >= 0.6 is 23.6 Å². The molecule has 0 bridgehead atoms. The number of thiophene rings is 1. The lowest BCUT2D eigenvalue weighted by Crippen LogP contribution is -2.20. The van der Waals surface area contributed by atoms with Gasteiger partial charge in [0.05, 0.1) is 18.2 Å². The van der Waals surface area contributed by atoms with Gasteiger partial charge in [0.2, 0.25) is 0 Å². The first kappa shape index (κ1) is 13.7. The quantitative estimate of drug-likeness (QED) is 0.730. The Balaban J connectivity index is 2.06. The highest BCUT2D eigenvalue weighted by atomic mass is 32.1. The van der Waals surface area contributed by atoms with E-state index < -0.39 is 0 Å². The number of hydrogen-bond acceptors (Lipinski definition) is 4. The van der Waals surface area contributed by atoms with Crippen LogP contribution in [0.1, 0.15) is 16.9 Å². The van der Waals surface area contributed by atoms with Gasteiger partial charge in [0, 0.05) is 10.9 Å². The lowest BCUT2D eigenvalue weighted by Gasteiger charge is -2.08. The summed E-state index contributed by atoms with van der Waals surface area (Å²) in [7, 11) is 1.61. The zero-order chi connectivity index (χ0) is 15.3. The second-order valence-electron chi connectivity index (χ2n) is 5.33. The standard InChI is InChI=1S/C16H14N2O2S2/c1-20-10-5-2-4-9(8-10)18-15(19)13-11-6-3-7-12(11)22-14(13)17-16(18)21/h2,4-5,8H,3,6-7H2,1H3,(H,17,21). The molecule has 2 heterocycles. The second kappa shape index (κ2) is 5.07. The molecule has 0 atom stereocenters. The van der Waals surface area contributed by atoms with E-state index in [9.17, 15) is 4.79 Å². The van der Waals surface area contributed by atoms with Crippen molar-refractivity contribution in [3.8, 4) is 11.4 Å². The summed E-state index contributed by atoms with van der Waals surface area (Å²) >= 11 is 7.07. The first-order chi connectivity index (χ1) is 10.7. The topological polar surface area (TPSA) is 47.0 Å². The maximum absolute atomic E-state index is 13.0. The number of nitrogens with one attached hydrogen (secondary N) is 1. The van der Waals surface area contributed by atoms with Crippen molar-refractivity contribution in [3.63, 3.8) is 0 Å². The van der Waals surface area contributed by atoms with Gasteiger partial charge >= 0.3 is 0 Å². The van der Waals surface area contributed by atoms with Crippen LogP contribution in [0.15, 0.2) is 29.1 Å². The Labute approximate surface area is 136 Å². The monoisotopic (exact) mass is 330 g/mol. The number of benzene rings is 1. The SMILES string of the molecule is COc1cccc(-n2c(=S)[nH]c3sc4c(c3c2=O)CCC4)c1. The van der Waals surface area contributed by atoms with E-state index in [2.05, 4.69) is 4.98 Å². The molecule has 112 valence electrons. The number of aromatic nitrogens is 2. The van der Waals surface area contributed by atoms with E-state index in [1.54, 1.807) is 23.0 Å². The maximum atomic E-state index is 13.0. The van der Waals surface area contributed by atoms with Crippen LogP contribution in [0.5, 0.6) is 5.75 Å². The van der Waals surface area contributed by atoms with E-state index in [0.29, 0.717) is 10.5 Å². The first-order valence-corrected chi connectivity index (χ1v) is 8.35. The molecule has 0 spiro atoms. The maximum Gasteiger partial charge on any atom is 0.267 e. The molecule has 4 nitrogen and oxygen atoms in total. The molecular formula is C16H14N2O2S2. The highest BCUT2D eigenvalue weighted by molar-refractivity contribution is 7.71. The van der Waals surface area contributed by atoms with Crippen LogP contribution in [0.25, 0.3) is 15.9 Å². The lowest BCUT2D eigenvalue weighted by molar-refractivity contribution is 0.414. The Hall–Kier alpha value is -1.92. The molecule has 1 aliphatic rings. The van der Waals surface area contributed by atoms with Gasteiger partial charge in [0.1, 0.15) is 10.6 Å². The summed E-state index contributed by atoms with van der Waals surface area (Å²) in [6.45, 7) is 0. The molecule has 0 amide bonds. The largest absolute Gasteiger partial charge is 0.497 e. The van der Waals surface area contributed by atoms with E-state index in [0.717, 1.165) is 35.2 Å². The smallest absolute Gasteiger partial charge is 0.267 e. The molecular weight excluding hydrogens is 316 g/mol. The molecule has 0 aliphatic heterocycles. The molecule has 6 heteroatoms. The highest BCUT2D eigenvalue weighted by Crippen LogP contribution is 2.34. The van der Waals surface area contributed by atoms with Gasteiger partial charge in [-0.15, -0.1) is 11.3 Å². The molecule has 0 saturated heterocycles. The summed E-state index contributed by atoms with van der Waals surface area (Å²) in [5.74, 6) is 0.703. The number of hydrogen-bond donors (Lipinski definition) is 1. The molecule has 2 aromatic heterocycles. The molecule has 1 aromatic carbocycles. The van der Waals surface area contributed by atoms with Gasteiger partial charge in [-0.05, 0) is 49.2 Å². The van der Waals surface area contributed by atoms with E-state index >= 15 is 0 Å².